The van der Waals surface area contributed by atoms with Gasteiger partial charge >= 0.3 is 6.09 Å². The van der Waals surface area contributed by atoms with E-state index >= 15 is 0 Å². The minimum Gasteiger partial charge on any atom is -0.443 e. The third kappa shape index (κ3) is 5.33. The van der Waals surface area contributed by atoms with Gasteiger partial charge in [-0.05, 0) is 38.5 Å². The van der Waals surface area contributed by atoms with E-state index in [-0.39, 0.29) is 5.02 Å². The molecule has 4 nitrogen and oxygen atoms in total. The maximum atomic E-state index is 12.9. The first-order valence-corrected chi connectivity index (χ1v) is 5.81. The number of halogens is 2. The van der Waals surface area contributed by atoms with Crippen LogP contribution in [0.4, 0.5) is 9.18 Å². The predicted octanol–water partition coefficient (Wildman–Crippen LogP) is 3.01. The fourth-order valence-corrected chi connectivity index (χ4v) is 1.37. The van der Waals surface area contributed by atoms with E-state index < -0.39 is 17.5 Å². The van der Waals surface area contributed by atoms with Crippen molar-refractivity contribution in [1.82, 2.24) is 10.9 Å². The Balaban J connectivity index is 2.38. The Labute approximate surface area is 110 Å². The van der Waals surface area contributed by atoms with Crippen molar-refractivity contribution in [3.8, 4) is 0 Å². The molecule has 1 rings (SSSR count). The summed E-state index contributed by atoms with van der Waals surface area (Å²) in [6.07, 6.45) is -0.573. The summed E-state index contributed by atoms with van der Waals surface area (Å²) in [5, 5.41) is 0.0477. The maximum Gasteiger partial charge on any atom is 0.422 e. The van der Waals surface area contributed by atoms with E-state index in [0.29, 0.717) is 6.54 Å². The normalized spacial score (nSPS) is 11.2. The first kappa shape index (κ1) is 14.7. The lowest BCUT2D eigenvalue weighted by atomic mass is 10.2. The van der Waals surface area contributed by atoms with Crippen LogP contribution in [0.25, 0.3) is 0 Å². The van der Waals surface area contributed by atoms with E-state index in [9.17, 15) is 9.18 Å². The predicted molar refractivity (Wildman–Crippen MR) is 67.6 cm³/mol. The monoisotopic (exact) mass is 274 g/mol. The zero-order valence-corrected chi connectivity index (χ0v) is 11.3. The van der Waals surface area contributed by atoms with Gasteiger partial charge in [-0.1, -0.05) is 17.7 Å². The van der Waals surface area contributed by atoms with E-state index in [1.165, 1.54) is 12.1 Å². The Bertz CT molecular complexity index is 433. The second-order valence-corrected chi connectivity index (χ2v) is 5.14. The average molecular weight is 275 g/mol. The van der Waals surface area contributed by atoms with Crippen molar-refractivity contribution < 1.29 is 13.9 Å². The van der Waals surface area contributed by atoms with Gasteiger partial charge in [-0.25, -0.2) is 14.6 Å². The number of hydrogen-bond acceptors (Lipinski definition) is 3. The molecule has 0 bridgehead atoms. The number of benzene rings is 1. The van der Waals surface area contributed by atoms with Crippen LogP contribution in [0.15, 0.2) is 18.2 Å². The second kappa shape index (κ2) is 6.02. The van der Waals surface area contributed by atoms with E-state index in [0.717, 1.165) is 5.56 Å². The summed E-state index contributed by atoms with van der Waals surface area (Å²) < 4.78 is 17.9. The third-order valence-electron chi connectivity index (χ3n) is 1.87. The molecule has 18 heavy (non-hydrogen) atoms. The Morgan fingerprint density at radius 1 is 1.44 bits per heavy atom. The lowest BCUT2D eigenvalue weighted by Gasteiger charge is -2.19. The lowest BCUT2D eigenvalue weighted by molar-refractivity contribution is 0.0497. The Morgan fingerprint density at radius 2 is 2.11 bits per heavy atom. The van der Waals surface area contributed by atoms with Crippen molar-refractivity contribution in [3.05, 3.63) is 34.6 Å². The highest BCUT2D eigenvalue weighted by Crippen LogP contribution is 2.15. The molecule has 0 aliphatic rings. The molecule has 0 heterocycles. The molecule has 0 radical (unpaired) electrons. The zero-order chi connectivity index (χ0) is 13.8. The topological polar surface area (TPSA) is 50.4 Å². The van der Waals surface area contributed by atoms with E-state index in [4.69, 9.17) is 16.3 Å². The number of nitrogens with one attached hydrogen (secondary N) is 2. The number of hydrogen-bond donors (Lipinski definition) is 2. The number of carbonyl (C=O) groups is 1. The largest absolute Gasteiger partial charge is 0.443 e. The quantitative estimate of drug-likeness (QED) is 0.833. The molecule has 1 aromatic carbocycles. The number of carbonyl (C=O) groups excluding carboxylic acids is 1. The molecular weight excluding hydrogens is 259 g/mol. The molecule has 100 valence electrons. The van der Waals surface area contributed by atoms with Crippen molar-refractivity contribution in [3.63, 3.8) is 0 Å². The van der Waals surface area contributed by atoms with E-state index in [1.807, 2.05) is 0 Å². The standard InChI is InChI=1S/C12H16ClFN2O2/c1-12(2,3)18-11(17)16-15-7-8-4-5-10(14)9(13)6-8/h4-6,15H,7H2,1-3H3,(H,16,17). The molecule has 0 saturated carbocycles. The van der Waals surface area contributed by atoms with E-state index in [2.05, 4.69) is 10.9 Å². The summed E-state index contributed by atoms with van der Waals surface area (Å²) >= 11 is 5.63. The van der Waals surface area contributed by atoms with Gasteiger partial charge in [0.2, 0.25) is 0 Å². The van der Waals surface area contributed by atoms with Crippen LogP contribution in [0.2, 0.25) is 5.02 Å². The van der Waals surface area contributed by atoms with Crippen LogP contribution in [-0.2, 0) is 11.3 Å². The molecule has 1 aromatic rings. The molecule has 0 spiro atoms. The Morgan fingerprint density at radius 3 is 2.67 bits per heavy atom. The number of rotatable bonds is 3. The first-order valence-electron chi connectivity index (χ1n) is 5.44. The Kier molecular flexibility index (Phi) is 4.93. The van der Waals surface area contributed by atoms with Crippen LogP contribution >= 0.6 is 11.6 Å². The molecule has 0 fully saturated rings. The Hall–Kier alpha value is -1.33. The zero-order valence-electron chi connectivity index (χ0n) is 10.5. The summed E-state index contributed by atoms with van der Waals surface area (Å²) in [6.45, 7) is 5.63. The van der Waals surface area contributed by atoms with Gasteiger partial charge in [-0.15, -0.1) is 0 Å². The highest BCUT2D eigenvalue weighted by molar-refractivity contribution is 6.30. The highest BCUT2D eigenvalue weighted by atomic mass is 35.5. The van der Waals surface area contributed by atoms with Gasteiger partial charge in [0.15, 0.2) is 0 Å². The molecule has 0 saturated heterocycles. The van der Waals surface area contributed by atoms with Gasteiger partial charge in [0.05, 0.1) is 5.02 Å². The smallest absolute Gasteiger partial charge is 0.422 e. The van der Waals surface area contributed by atoms with Crippen molar-refractivity contribution in [2.45, 2.75) is 32.9 Å². The summed E-state index contributed by atoms with van der Waals surface area (Å²) in [7, 11) is 0. The maximum absolute atomic E-state index is 12.9. The highest BCUT2D eigenvalue weighted by Gasteiger charge is 2.15. The van der Waals surface area contributed by atoms with Gasteiger partial charge in [0, 0.05) is 6.54 Å². The molecule has 0 aromatic heterocycles. The molecule has 2 N–H and O–H groups in total. The minimum absolute atomic E-state index is 0.0477. The van der Waals surface area contributed by atoms with Crippen LogP contribution in [0, 0.1) is 5.82 Å². The van der Waals surface area contributed by atoms with Crippen molar-refractivity contribution in [1.29, 1.82) is 0 Å². The number of amides is 1. The van der Waals surface area contributed by atoms with Crippen LogP contribution in [-0.4, -0.2) is 11.7 Å². The third-order valence-corrected chi connectivity index (χ3v) is 2.16. The van der Waals surface area contributed by atoms with Crippen LogP contribution in [0.3, 0.4) is 0 Å². The van der Waals surface area contributed by atoms with Crippen LogP contribution in [0.5, 0.6) is 0 Å². The van der Waals surface area contributed by atoms with Gasteiger partial charge in [0.25, 0.3) is 0 Å². The summed E-state index contributed by atoms with van der Waals surface area (Å²) in [4.78, 5) is 11.3. The molecule has 6 heteroatoms. The first-order chi connectivity index (χ1) is 8.28. The van der Waals surface area contributed by atoms with Gasteiger partial charge in [-0.3, -0.25) is 5.43 Å². The van der Waals surface area contributed by atoms with Crippen molar-refractivity contribution >= 4 is 17.7 Å². The number of ether oxygens (including phenoxy) is 1. The van der Waals surface area contributed by atoms with E-state index in [1.54, 1.807) is 26.8 Å². The summed E-state index contributed by atoms with van der Waals surface area (Å²) in [5.74, 6) is -0.472. The molecule has 0 atom stereocenters. The van der Waals surface area contributed by atoms with Gasteiger partial charge in [0.1, 0.15) is 11.4 Å². The number of hydrazine groups is 1. The second-order valence-electron chi connectivity index (χ2n) is 4.73. The van der Waals surface area contributed by atoms with Crippen molar-refractivity contribution in [2.24, 2.45) is 0 Å². The molecular formula is C12H16ClFN2O2. The average Bonchev–Trinajstić information content (AvgIpc) is 2.20. The molecule has 0 aliphatic carbocycles. The molecule has 0 aliphatic heterocycles. The van der Waals surface area contributed by atoms with Crippen LogP contribution in [0.1, 0.15) is 26.3 Å². The van der Waals surface area contributed by atoms with Gasteiger partial charge < -0.3 is 4.74 Å². The summed E-state index contributed by atoms with van der Waals surface area (Å²) in [5.41, 5.74) is 5.24. The van der Waals surface area contributed by atoms with Gasteiger partial charge in [-0.2, -0.15) is 0 Å². The minimum atomic E-state index is -0.573. The molecule has 1 amide bonds. The summed E-state index contributed by atoms with van der Waals surface area (Å²) in [6, 6.07) is 4.33. The fraction of sp³-hybridized carbons (Fsp3) is 0.417. The van der Waals surface area contributed by atoms with Crippen LogP contribution < -0.4 is 10.9 Å². The molecule has 0 unspecified atom stereocenters. The fourth-order valence-electron chi connectivity index (χ4n) is 1.17. The van der Waals surface area contributed by atoms with Crippen molar-refractivity contribution in [2.75, 3.05) is 0 Å². The lowest BCUT2D eigenvalue weighted by Crippen LogP contribution is -2.40. The SMILES string of the molecule is CC(C)(C)OC(=O)NNCc1ccc(F)c(Cl)c1.